The van der Waals surface area contributed by atoms with Crippen LogP contribution in [0.5, 0.6) is 11.5 Å². The van der Waals surface area contributed by atoms with Crippen molar-refractivity contribution >= 4 is 17.5 Å². The second-order valence-corrected chi connectivity index (χ2v) is 5.54. The summed E-state index contributed by atoms with van der Waals surface area (Å²) in [5.41, 5.74) is 2.12. The molecular weight excluding hydrogens is 334 g/mol. The second kappa shape index (κ2) is 7.60. The van der Waals surface area contributed by atoms with Crippen molar-refractivity contribution < 1.29 is 19.4 Å². The monoisotopic (exact) mass is 353 g/mol. The van der Waals surface area contributed by atoms with Crippen molar-refractivity contribution in [3.63, 3.8) is 0 Å². The molecular formula is C19H19N3O4. The van der Waals surface area contributed by atoms with Crippen molar-refractivity contribution in [2.75, 3.05) is 19.5 Å². The van der Waals surface area contributed by atoms with Crippen LogP contribution in [0.25, 0.3) is 5.69 Å². The van der Waals surface area contributed by atoms with Crippen LogP contribution in [0.2, 0.25) is 0 Å². The topological polar surface area (TPSA) is 85.6 Å². The number of carboxylic acid groups (broad SMARTS) is 1. The minimum Gasteiger partial charge on any atom is -0.496 e. The van der Waals surface area contributed by atoms with Gasteiger partial charge < -0.3 is 19.9 Å². The number of methoxy groups -OCH3 is 2. The van der Waals surface area contributed by atoms with Gasteiger partial charge in [-0.2, -0.15) is 5.10 Å². The maximum Gasteiger partial charge on any atom is 0.307 e. The summed E-state index contributed by atoms with van der Waals surface area (Å²) in [5, 5.41) is 16.7. The van der Waals surface area contributed by atoms with Crippen LogP contribution >= 0.6 is 0 Å². The average Bonchev–Trinajstić information content (AvgIpc) is 3.11. The number of aliphatic carboxylic acids is 1. The van der Waals surface area contributed by atoms with E-state index < -0.39 is 5.97 Å². The maximum atomic E-state index is 11.0. The van der Waals surface area contributed by atoms with E-state index in [0.717, 1.165) is 5.69 Å². The average molecular weight is 353 g/mol. The van der Waals surface area contributed by atoms with Gasteiger partial charge in [-0.05, 0) is 18.2 Å². The first-order valence-electron chi connectivity index (χ1n) is 7.95. The zero-order valence-electron chi connectivity index (χ0n) is 14.5. The number of nitrogens with zero attached hydrogens (tertiary/aromatic N) is 2. The molecule has 0 saturated heterocycles. The highest BCUT2D eigenvalue weighted by molar-refractivity contribution is 5.74. The third-order valence-electron chi connectivity index (χ3n) is 3.82. The zero-order chi connectivity index (χ0) is 18.5. The first-order chi connectivity index (χ1) is 12.6. The number of para-hydroxylation sites is 1. The predicted molar refractivity (Wildman–Crippen MR) is 97.7 cm³/mol. The fourth-order valence-electron chi connectivity index (χ4n) is 2.61. The van der Waals surface area contributed by atoms with Crippen molar-refractivity contribution in [3.05, 3.63) is 60.3 Å². The Hall–Kier alpha value is -3.48. The van der Waals surface area contributed by atoms with Gasteiger partial charge in [0.25, 0.3) is 0 Å². The van der Waals surface area contributed by atoms with Crippen molar-refractivity contribution in [3.8, 4) is 17.2 Å². The summed E-state index contributed by atoms with van der Waals surface area (Å²) >= 11 is 0. The Morgan fingerprint density at radius 2 is 1.85 bits per heavy atom. The van der Waals surface area contributed by atoms with Gasteiger partial charge in [0, 0.05) is 23.9 Å². The summed E-state index contributed by atoms with van der Waals surface area (Å²) in [6, 6.07) is 15.0. The lowest BCUT2D eigenvalue weighted by Crippen LogP contribution is -2.05. The molecule has 0 aliphatic heterocycles. The highest BCUT2D eigenvalue weighted by Crippen LogP contribution is 2.35. The molecule has 0 unspecified atom stereocenters. The summed E-state index contributed by atoms with van der Waals surface area (Å²) in [6.07, 6.45) is 1.70. The predicted octanol–water partition coefficient (Wildman–Crippen LogP) is 3.26. The minimum atomic E-state index is -0.937. The maximum absolute atomic E-state index is 11.0. The quantitative estimate of drug-likeness (QED) is 0.678. The fraction of sp³-hybridized carbons (Fsp3) is 0.158. The van der Waals surface area contributed by atoms with Gasteiger partial charge in [-0.1, -0.05) is 18.2 Å². The normalized spacial score (nSPS) is 10.4. The molecule has 0 aliphatic carbocycles. The molecule has 0 bridgehead atoms. The smallest absolute Gasteiger partial charge is 0.307 e. The molecule has 7 heteroatoms. The number of hydrogen-bond acceptors (Lipinski definition) is 5. The highest BCUT2D eigenvalue weighted by atomic mass is 16.5. The molecule has 3 rings (SSSR count). The minimum absolute atomic E-state index is 0.150. The van der Waals surface area contributed by atoms with Crippen LogP contribution in [0.4, 0.5) is 11.5 Å². The molecule has 2 aromatic carbocycles. The number of rotatable bonds is 7. The third kappa shape index (κ3) is 3.77. The summed E-state index contributed by atoms with van der Waals surface area (Å²) in [4.78, 5) is 11.0. The number of anilines is 2. The van der Waals surface area contributed by atoms with Crippen LogP contribution in [-0.4, -0.2) is 35.1 Å². The van der Waals surface area contributed by atoms with Crippen LogP contribution in [0.15, 0.2) is 54.7 Å². The van der Waals surface area contributed by atoms with Crippen LogP contribution in [0.3, 0.4) is 0 Å². The Bertz CT molecular complexity index is 906. The largest absolute Gasteiger partial charge is 0.496 e. The number of ether oxygens (including phenoxy) is 2. The van der Waals surface area contributed by atoms with Gasteiger partial charge in [-0.3, -0.25) is 4.79 Å². The summed E-state index contributed by atoms with van der Waals surface area (Å²) in [7, 11) is 3.03. The Labute approximate surface area is 150 Å². The van der Waals surface area contributed by atoms with Gasteiger partial charge in [0.15, 0.2) is 5.82 Å². The van der Waals surface area contributed by atoms with Gasteiger partial charge in [0.05, 0.1) is 32.0 Å². The molecule has 0 fully saturated rings. The molecule has 0 amide bonds. The second-order valence-electron chi connectivity index (χ2n) is 5.54. The SMILES string of the molecule is COc1cc(Nc2ccn(-c3ccccc3)n2)c(OC)cc1CC(=O)O. The van der Waals surface area contributed by atoms with Crippen molar-refractivity contribution in [1.82, 2.24) is 9.78 Å². The summed E-state index contributed by atoms with van der Waals surface area (Å²) in [5.74, 6) is 0.669. The first-order valence-corrected chi connectivity index (χ1v) is 7.95. The Balaban J connectivity index is 1.90. The third-order valence-corrected chi connectivity index (χ3v) is 3.82. The van der Waals surface area contributed by atoms with Crippen LogP contribution in [0, 0.1) is 0 Å². The Kier molecular flexibility index (Phi) is 5.07. The van der Waals surface area contributed by atoms with Crippen LogP contribution in [-0.2, 0) is 11.2 Å². The molecule has 3 aromatic rings. The van der Waals surface area contributed by atoms with Crippen LogP contribution in [0.1, 0.15) is 5.56 Å². The van der Waals surface area contributed by atoms with Gasteiger partial charge in [-0.25, -0.2) is 4.68 Å². The molecule has 26 heavy (non-hydrogen) atoms. The van der Waals surface area contributed by atoms with Crippen molar-refractivity contribution in [2.45, 2.75) is 6.42 Å². The van der Waals surface area contributed by atoms with E-state index in [4.69, 9.17) is 14.6 Å². The van der Waals surface area contributed by atoms with E-state index >= 15 is 0 Å². The molecule has 1 heterocycles. The molecule has 2 N–H and O–H groups in total. The van der Waals surface area contributed by atoms with Crippen LogP contribution < -0.4 is 14.8 Å². The number of carbonyl (C=O) groups is 1. The molecule has 1 aromatic heterocycles. The first kappa shape index (κ1) is 17.3. The fourth-order valence-corrected chi connectivity index (χ4v) is 2.61. The number of nitrogens with one attached hydrogen (secondary N) is 1. The van der Waals surface area contributed by atoms with Gasteiger partial charge in [0.1, 0.15) is 11.5 Å². The standard InChI is InChI=1S/C19H19N3O4/c1-25-16-12-15(17(26-2)10-13(16)11-19(23)24)20-18-8-9-22(21-18)14-6-4-3-5-7-14/h3-10,12H,11H2,1-2H3,(H,20,21)(H,23,24). The molecule has 134 valence electrons. The lowest BCUT2D eigenvalue weighted by molar-refractivity contribution is -0.136. The molecule has 0 saturated carbocycles. The van der Waals surface area contributed by atoms with Crippen molar-refractivity contribution in [2.24, 2.45) is 0 Å². The lowest BCUT2D eigenvalue weighted by Gasteiger charge is -2.14. The molecule has 0 spiro atoms. The van der Waals surface area contributed by atoms with E-state index in [1.54, 1.807) is 16.8 Å². The zero-order valence-corrected chi connectivity index (χ0v) is 14.5. The number of carboxylic acids is 1. The summed E-state index contributed by atoms with van der Waals surface area (Å²) < 4.78 is 12.5. The number of aromatic nitrogens is 2. The molecule has 7 nitrogen and oxygen atoms in total. The Morgan fingerprint density at radius 3 is 2.50 bits per heavy atom. The van der Waals surface area contributed by atoms with Gasteiger partial charge >= 0.3 is 5.97 Å². The lowest BCUT2D eigenvalue weighted by atomic mass is 10.1. The Morgan fingerprint density at radius 1 is 1.12 bits per heavy atom. The molecule has 0 aliphatic rings. The van der Waals surface area contributed by atoms with E-state index in [2.05, 4.69) is 10.4 Å². The van der Waals surface area contributed by atoms with E-state index in [1.807, 2.05) is 42.6 Å². The molecule has 0 atom stereocenters. The number of hydrogen-bond donors (Lipinski definition) is 2. The van der Waals surface area contributed by atoms with E-state index in [0.29, 0.717) is 28.6 Å². The summed E-state index contributed by atoms with van der Waals surface area (Å²) in [6.45, 7) is 0. The van der Waals surface area contributed by atoms with E-state index in [9.17, 15) is 4.79 Å². The van der Waals surface area contributed by atoms with Gasteiger partial charge in [-0.15, -0.1) is 0 Å². The molecule has 0 radical (unpaired) electrons. The highest BCUT2D eigenvalue weighted by Gasteiger charge is 2.14. The van der Waals surface area contributed by atoms with E-state index in [-0.39, 0.29) is 6.42 Å². The van der Waals surface area contributed by atoms with Gasteiger partial charge in [0.2, 0.25) is 0 Å². The number of benzene rings is 2. The van der Waals surface area contributed by atoms with Crippen molar-refractivity contribution in [1.29, 1.82) is 0 Å². The van der Waals surface area contributed by atoms with E-state index in [1.165, 1.54) is 14.2 Å².